The molecule has 0 radical (unpaired) electrons. The molecule has 0 saturated carbocycles. The van der Waals surface area contributed by atoms with Crippen LogP contribution < -0.4 is 0 Å². The lowest BCUT2D eigenvalue weighted by Crippen LogP contribution is -2.37. The number of rotatable bonds is 5. The van der Waals surface area contributed by atoms with Crippen LogP contribution in [0.15, 0.2) is 24.3 Å². The van der Waals surface area contributed by atoms with Crippen molar-refractivity contribution >= 4 is 0 Å². The monoisotopic (exact) mass is 280 g/mol. The number of aliphatic hydroxyl groups is 1. The van der Waals surface area contributed by atoms with Crippen LogP contribution >= 0.6 is 0 Å². The van der Waals surface area contributed by atoms with Gasteiger partial charge < -0.3 is 14.9 Å². The predicted octanol–water partition coefficient (Wildman–Crippen LogP) is 2.13. The van der Waals surface area contributed by atoms with E-state index in [-0.39, 0.29) is 5.82 Å². The maximum absolute atomic E-state index is 12.9. The average Bonchev–Trinajstić information content (AvgIpc) is 2.42. The molecular weight excluding hydrogens is 255 g/mol. The lowest BCUT2D eigenvalue weighted by Gasteiger charge is -2.32. The molecule has 1 aliphatic rings. The van der Waals surface area contributed by atoms with Crippen molar-refractivity contribution in [2.75, 3.05) is 40.3 Å². The molecule has 3 nitrogen and oxygen atoms in total. The van der Waals surface area contributed by atoms with Crippen molar-refractivity contribution in [1.29, 1.82) is 0 Å². The lowest BCUT2D eigenvalue weighted by atomic mass is 9.96. The zero-order valence-corrected chi connectivity index (χ0v) is 12.4. The van der Waals surface area contributed by atoms with Gasteiger partial charge >= 0.3 is 0 Å². The first-order valence-corrected chi connectivity index (χ1v) is 7.35. The Balaban J connectivity index is 1.78. The van der Waals surface area contributed by atoms with Crippen LogP contribution in [-0.2, 0) is 0 Å². The molecule has 1 N–H and O–H groups in total. The van der Waals surface area contributed by atoms with Crippen molar-refractivity contribution in [2.45, 2.75) is 18.9 Å². The Morgan fingerprint density at radius 1 is 1.30 bits per heavy atom. The minimum absolute atomic E-state index is 0.263. The summed E-state index contributed by atoms with van der Waals surface area (Å²) < 4.78 is 12.9. The van der Waals surface area contributed by atoms with Gasteiger partial charge in [0, 0.05) is 13.1 Å². The summed E-state index contributed by atoms with van der Waals surface area (Å²) in [6, 6.07) is 6.11. The van der Waals surface area contributed by atoms with Gasteiger partial charge in [-0.05, 0) is 63.6 Å². The largest absolute Gasteiger partial charge is 0.387 e. The third-order valence-corrected chi connectivity index (χ3v) is 4.15. The van der Waals surface area contributed by atoms with E-state index in [2.05, 4.69) is 16.8 Å². The fourth-order valence-electron chi connectivity index (χ4n) is 2.85. The summed E-state index contributed by atoms with van der Waals surface area (Å²) in [6.45, 7) is 3.95. The highest BCUT2D eigenvalue weighted by molar-refractivity contribution is 5.18. The molecule has 2 rings (SSSR count). The zero-order chi connectivity index (χ0) is 14.5. The molecule has 1 aliphatic heterocycles. The van der Waals surface area contributed by atoms with E-state index in [0.717, 1.165) is 18.0 Å². The molecule has 1 saturated heterocycles. The van der Waals surface area contributed by atoms with E-state index in [1.165, 1.54) is 38.1 Å². The van der Waals surface area contributed by atoms with E-state index in [9.17, 15) is 9.50 Å². The van der Waals surface area contributed by atoms with E-state index in [1.807, 2.05) is 7.05 Å². The predicted molar refractivity (Wildman–Crippen MR) is 79.1 cm³/mol. The molecule has 112 valence electrons. The summed E-state index contributed by atoms with van der Waals surface area (Å²) >= 11 is 0. The molecule has 0 aliphatic carbocycles. The molecule has 20 heavy (non-hydrogen) atoms. The molecule has 0 bridgehead atoms. The van der Waals surface area contributed by atoms with E-state index < -0.39 is 6.10 Å². The highest BCUT2D eigenvalue weighted by Gasteiger charge is 2.19. The van der Waals surface area contributed by atoms with Gasteiger partial charge in [-0.3, -0.25) is 0 Å². The van der Waals surface area contributed by atoms with Crippen molar-refractivity contribution in [1.82, 2.24) is 9.80 Å². The van der Waals surface area contributed by atoms with Crippen molar-refractivity contribution in [2.24, 2.45) is 5.92 Å². The van der Waals surface area contributed by atoms with Crippen LogP contribution in [0.1, 0.15) is 24.5 Å². The number of likely N-dealkylation sites (tertiary alicyclic amines) is 1. The van der Waals surface area contributed by atoms with Crippen LogP contribution in [0.5, 0.6) is 0 Å². The number of likely N-dealkylation sites (N-methyl/N-ethyl adjacent to an activating group) is 1. The first-order valence-electron chi connectivity index (χ1n) is 7.35. The van der Waals surface area contributed by atoms with Gasteiger partial charge in [-0.15, -0.1) is 0 Å². The maximum atomic E-state index is 12.9. The van der Waals surface area contributed by atoms with Crippen molar-refractivity contribution < 1.29 is 9.50 Å². The summed E-state index contributed by atoms with van der Waals surface area (Å²) in [5.41, 5.74) is 0.779. The van der Waals surface area contributed by atoms with E-state index >= 15 is 0 Å². The average molecular weight is 280 g/mol. The maximum Gasteiger partial charge on any atom is 0.123 e. The normalized spacial score (nSPS) is 19.4. The van der Waals surface area contributed by atoms with Crippen LogP contribution in [0.2, 0.25) is 0 Å². The highest BCUT2D eigenvalue weighted by atomic mass is 19.1. The first-order chi connectivity index (χ1) is 9.54. The van der Waals surface area contributed by atoms with Gasteiger partial charge in [0.15, 0.2) is 0 Å². The summed E-state index contributed by atoms with van der Waals surface area (Å²) in [6.07, 6.45) is 1.91. The third-order valence-electron chi connectivity index (χ3n) is 4.15. The van der Waals surface area contributed by atoms with Gasteiger partial charge in [-0.25, -0.2) is 4.39 Å². The Morgan fingerprint density at radius 3 is 2.50 bits per heavy atom. The molecule has 1 fully saturated rings. The van der Waals surface area contributed by atoms with Crippen LogP contribution in [0.25, 0.3) is 0 Å². The number of nitrogens with zero attached hydrogens (tertiary/aromatic N) is 2. The van der Waals surface area contributed by atoms with Crippen molar-refractivity contribution in [3.8, 4) is 0 Å². The highest BCUT2D eigenvalue weighted by Crippen LogP contribution is 2.19. The summed E-state index contributed by atoms with van der Waals surface area (Å²) in [5, 5.41) is 10.2. The molecule has 4 heteroatoms. The summed E-state index contributed by atoms with van der Waals surface area (Å²) in [7, 11) is 4.21. The van der Waals surface area contributed by atoms with Gasteiger partial charge in [0.05, 0.1) is 6.10 Å². The molecule has 1 atom stereocenters. The Bertz CT molecular complexity index is 401. The van der Waals surface area contributed by atoms with Crippen LogP contribution in [0, 0.1) is 11.7 Å². The van der Waals surface area contributed by atoms with Crippen molar-refractivity contribution in [3.05, 3.63) is 35.6 Å². The number of piperidine rings is 1. The van der Waals surface area contributed by atoms with Gasteiger partial charge in [-0.2, -0.15) is 0 Å². The zero-order valence-electron chi connectivity index (χ0n) is 12.4. The van der Waals surface area contributed by atoms with E-state index in [0.29, 0.717) is 6.54 Å². The SMILES string of the molecule is CN1CCC(CN(C)CC(O)c2ccc(F)cc2)CC1. The Kier molecular flexibility index (Phi) is 5.52. The summed E-state index contributed by atoms with van der Waals surface area (Å²) in [5.74, 6) is 0.456. The van der Waals surface area contributed by atoms with E-state index in [4.69, 9.17) is 0 Å². The fourth-order valence-corrected chi connectivity index (χ4v) is 2.85. The molecule has 0 aromatic heterocycles. The quantitative estimate of drug-likeness (QED) is 0.895. The first kappa shape index (κ1) is 15.4. The number of hydrogen-bond acceptors (Lipinski definition) is 3. The van der Waals surface area contributed by atoms with Gasteiger partial charge in [0.1, 0.15) is 5.82 Å². The standard InChI is InChI=1S/C16H25FN2O/c1-18-9-7-13(8-10-18)11-19(2)12-16(20)14-3-5-15(17)6-4-14/h3-6,13,16,20H,7-12H2,1-2H3. The van der Waals surface area contributed by atoms with Crippen molar-refractivity contribution in [3.63, 3.8) is 0 Å². The van der Waals surface area contributed by atoms with E-state index in [1.54, 1.807) is 12.1 Å². The van der Waals surface area contributed by atoms with Crippen LogP contribution in [0.3, 0.4) is 0 Å². The van der Waals surface area contributed by atoms with Gasteiger partial charge in [0.25, 0.3) is 0 Å². The topological polar surface area (TPSA) is 26.7 Å². The Morgan fingerprint density at radius 2 is 1.90 bits per heavy atom. The lowest BCUT2D eigenvalue weighted by molar-refractivity contribution is 0.106. The van der Waals surface area contributed by atoms with Crippen LogP contribution in [-0.4, -0.2) is 55.2 Å². The second-order valence-electron chi connectivity index (χ2n) is 6.04. The molecule has 0 spiro atoms. The van der Waals surface area contributed by atoms with Gasteiger partial charge in [0.2, 0.25) is 0 Å². The molecule has 1 aromatic rings. The fraction of sp³-hybridized carbons (Fsp3) is 0.625. The van der Waals surface area contributed by atoms with Gasteiger partial charge in [-0.1, -0.05) is 12.1 Å². The number of benzene rings is 1. The molecular formula is C16H25FN2O. The Labute approximate surface area is 121 Å². The second-order valence-corrected chi connectivity index (χ2v) is 6.04. The Hall–Kier alpha value is -0.970. The number of hydrogen-bond donors (Lipinski definition) is 1. The minimum atomic E-state index is -0.549. The molecule has 1 unspecified atom stereocenters. The minimum Gasteiger partial charge on any atom is -0.387 e. The summed E-state index contributed by atoms with van der Waals surface area (Å²) in [4.78, 5) is 4.55. The second kappa shape index (κ2) is 7.16. The molecule has 1 heterocycles. The number of halogens is 1. The smallest absolute Gasteiger partial charge is 0.123 e. The molecule has 0 amide bonds. The molecule has 1 aromatic carbocycles. The number of aliphatic hydroxyl groups excluding tert-OH is 1. The third kappa shape index (κ3) is 4.54. The van der Waals surface area contributed by atoms with Crippen LogP contribution in [0.4, 0.5) is 4.39 Å².